The SMILES string of the molecule is Cc1nc(C)c(C(=O)NCc2ccc(Nc3ccc(N4CCC(C(F)(F)F)CC4)cc3)cc2)o1. The lowest BCUT2D eigenvalue weighted by molar-refractivity contribution is -0.179. The number of piperidine rings is 1. The number of amides is 1. The molecule has 0 atom stereocenters. The van der Waals surface area contributed by atoms with Crippen LogP contribution in [0.15, 0.2) is 52.9 Å². The Kier molecular flexibility index (Phi) is 6.81. The standard InChI is InChI=1S/C25H27F3N4O2/c1-16-23(34-17(2)30-16)24(33)29-15-18-3-5-20(6-4-18)31-21-7-9-22(10-8-21)32-13-11-19(12-14-32)25(26,27)28/h3-10,19,31H,11-15H2,1-2H3,(H,29,33). The summed E-state index contributed by atoms with van der Waals surface area (Å²) in [5, 5.41) is 6.14. The van der Waals surface area contributed by atoms with Crippen LogP contribution in [0.4, 0.5) is 30.2 Å². The fourth-order valence-corrected chi connectivity index (χ4v) is 4.10. The van der Waals surface area contributed by atoms with E-state index in [0.717, 1.165) is 22.6 Å². The van der Waals surface area contributed by atoms with Gasteiger partial charge in [-0.2, -0.15) is 13.2 Å². The van der Waals surface area contributed by atoms with Gasteiger partial charge >= 0.3 is 6.18 Å². The van der Waals surface area contributed by atoms with E-state index in [4.69, 9.17) is 4.42 Å². The van der Waals surface area contributed by atoms with Crippen molar-refractivity contribution in [2.75, 3.05) is 23.3 Å². The number of aromatic nitrogens is 1. The zero-order valence-corrected chi connectivity index (χ0v) is 19.1. The van der Waals surface area contributed by atoms with Gasteiger partial charge in [-0.15, -0.1) is 0 Å². The summed E-state index contributed by atoms with van der Waals surface area (Å²) in [6.07, 6.45) is -3.84. The van der Waals surface area contributed by atoms with Crippen molar-refractivity contribution >= 4 is 23.0 Å². The number of anilines is 3. The fraction of sp³-hybridized carbons (Fsp3) is 0.360. The number of hydrogen-bond acceptors (Lipinski definition) is 5. The number of nitrogens with one attached hydrogen (secondary N) is 2. The topological polar surface area (TPSA) is 70.4 Å². The van der Waals surface area contributed by atoms with Crippen molar-refractivity contribution in [3.05, 3.63) is 71.4 Å². The molecule has 1 aliphatic heterocycles. The van der Waals surface area contributed by atoms with Crippen LogP contribution in [0.1, 0.15) is 40.5 Å². The van der Waals surface area contributed by atoms with Crippen molar-refractivity contribution in [1.82, 2.24) is 10.3 Å². The highest BCUT2D eigenvalue weighted by Crippen LogP contribution is 2.35. The van der Waals surface area contributed by atoms with E-state index in [2.05, 4.69) is 15.6 Å². The molecule has 1 saturated heterocycles. The molecule has 1 fully saturated rings. The number of halogens is 3. The van der Waals surface area contributed by atoms with Crippen molar-refractivity contribution in [2.45, 2.75) is 39.4 Å². The summed E-state index contributed by atoms with van der Waals surface area (Å²) < 4.78 is 43.9. The summed E-state index contributed by atoms with van der Waals surface area (Å²) in [5.41, 5.74) is 4.19. The molecule has 1 aliphatic rings. The van der Waals surface area contributed by atoms with Crippen LogP contribution in [0.5, 0.6) is 0 Å². The van der Waals surface area contributed by atoms with Crippen LogP contribution in [-0.2, 0) is 6.54 Å². The monoisotopic (exact) mass is 472 g/mol. The van der Waals surface area contributed by atoms with Crippen LogP contribution in [-0.4, -0.2) is 30.2 Å². The third kappa shape index (κ3) is 5.70. The predicted molar refractivity (Wildman–Crippen MR) is 124 cm³/mol. The Labute approximate surface area is 196 Å². The fourth-order valence-electron chi connectivity index (χ4n) is 4.10. The lowest BCUT2D eigenvalue weighted by atomic mass is 9.96. The number of carbonyl (C=O) groups is 1. The summed E-state index contributed by atoms with van der Waals surface area (Å²) in [6, 6.07) is 15.4. The molecule has 0 spiro atoms. The molecular formula is C25H27F3N4O2. The van der Waals surface area contributed by atoms with Crippen molar-refractivity contribution in [2.24, 2.45) is 5.92 Å². The van der Waals surface area contributed by atoms with Gasteiger partial charge in [-0.05, 0) is 61.7 Å². The number of benzene rings is 2. The Morgan fingerprint density at radius 3 is 2.15 bits per heavy atom. The van der Waals surface area contributed by atoms with E-state index >= 15 is 0 Å². The van der Waals surface area contributed by atoms with Crippen molar-refractivity contribution < 1.29 is 22.4 Å². The second-order valence-corrected chi connectivity index (χ2v) is 8.50. The Hall–Kier alpha value is -3.49. The second-order valence-electron chi connectivity index (χ2n) is 8.50. The van der Waals surface area contributed by atoms with Gasteiger partial charge in [0.1, 0.15) is 0 Å². The molecule has 34 heavy (non-hydrogen) atoms. The number of nitrogens with zero attached hydrogens (tertiary/aromatic N) is 2. The lowest BCUT2D eigenvalue weighted by Gasteiger charge is -2.34. The minimum Gasteiger partial charge on any atom is -0.436 e. The molecule has 0 aliphatic carbocycles. The van der Waals surface area contributed by atoms with E-state index in [-0.39, 0.29) is 24.5 Å². The van der Waals surface area contributed by atoms with Gasteiger partial charge in [-0.3, -0.25) is 4.79 Å². The van der Waals surface area contributed by atoms with Gasteiger partial charge in [0.2, 0.25) is 5.76 Å². The van der Waals surface area contributed by atoms with Gasteiger partial charge in [-0.1, -0.05) is 12.1 Å². The summed E-state index contributed by atoms with van der Waals surface area (Å²) in [5.74, 6) is -0.819. The van der Waals surface area contributed by atoms with Crippen molar-refractivity contribution in [3.63, 3.8) is 0 Å². The molecule has 2 aromatic carbocycles. The van der Waals surface area contributed by atoms with Crippen LogP contribution in [0.25, 0.3) is 0 Å². The number of hydrogen-bond donors (Lipinski definition) is 2. The summed E-state index contributed by atoms with van der Waals surface area (Å²) >= 11 is 0. The first-order valence-corrected chi connectivity index (χ1v) is 11.2. The average Bonchev–Trinajstić information content (AvgIpc) is 3.16. The molecular weight excluding hydrogens is 445 g/mol. The van der Waals surface area contributed by atoms with E-state index in [1.807, 2.05) is 53.4 Å². The lowest BCUT2D eigenvalue weighted by Crippen LogP contribution is -2.38. The molecule has 0 radical (unpaired) electrons. The number of alkyl halides is 3. The average molecular weight is 473 g/mol. The van der Waals surface area contributed by atoms with Crippen molar-refractivity contribution in [1.29, 1.82) is 0 Å². The van der Waals surface area contributed by atoms with E-state index in [9.17, 15) is 18.0 Å². The summed E-state index contributed by atoms with van der Waals surface area (Å²) in [6.45, 7) is 4.60. The number of oxazole rings is 1. The first-order chi connectivity index (χ1) is 16.2. The zero-order valence-electron chi connectivity index (χ0n) is 19.1. The van der Waals surface area contributed by atoms with Gasteiger partial charge < -0.3 is 20.0 Å². The highest BCUT2D eigenvalue weighted by Gasteiger charge is 2.41. The van der Waals surface area contributed by atoms with Gasteiger partial charge in [0.15, 0.2) is 5.89 Å². The number of carbonyl (C=O) groups excluding carboxylic acids is 1. The number of rotatable bonds is 6. The molecule has 9 heteroatoms. The molecule has 0 saturated carbocycles. The molecule has 2 N–H and O–H groups in total. The van der Waals surface area contributed by atoms with Gasteiger partial charge in [0, 0.05) is 43.6 Å². The summed E-state index contributed by atoms with van der Waals surface area (Å²) in [4.78, 5) is 18.4. The third-order valence-corrected chi connectivity index (χ3v) is 6.00. The van der Waals surface area contributed by atoms with Crippen LogP contribution in [0.2, 0.25) is 0 Å². The smallest absolute Gasteiger partial charge is 0.391 e. The molecule has 3 aromatic rings. The largest absolute Gasteiger partial charge is 0.436 e. The van der Waals surface area contributed by atoms with E-state index in [1.54, 1.807) is 13.8 Å². The van der Waals surface area contributed by atoms with Crippen LogP contribution in [0.3, 0.4) is 0 Å². The normalized spacial score (nSPS) is 14.8. The molecule has 6 nitrogen and oxygen atoms in total. The first kappa shape index (κ1) is 23.7. The molecule has 0 unspecified atom stereocenters. The highest BCUT2D eigenvalue weighted by molar-refractivity contribution is 5.92. The number of aryl methyl sites for hydroxylation is 2. The van der Waals surface area contributed by atoms with Crippen LogP contribution < -0.4 is 15.5 Å². The molecule has 1 aromatic heterocycles. The maximum atomic E-state index is 12.9. The van der Waals surface area contributed by atoms with Gasteiger partial charge in [0.25, 0.3) is 5.91 Å². The summed E-state index contributed by atoms with van der Waals surface area (Å²) in [7, 11) is 0. The third-order valence-electron chi connectivity index (χ3n) is 6.00. The predicted octanol–water partition coefficient (Wildman–Crippen LogP) is 5.74. The van der Waals surface area contributed by atoms with Crippen LogP contribution >= 0.6 is 0 Å². The maximum Gasteiger partial charge on any atom is 0.391 e. The zero-order chi connectivity index (χ0) is 24.3. The van der Waals surface area contributed by atoms with Crippen molar-refractivity contribution in [3.8, 4) is 0 Å². The second kappa shape index (κ2) is 9.79. The minimum absolute atomic E-state index is 0.133. The van der Waals surface area contributed by atoms with E-state index in [0.29, 0.717) is 31.2 Å². The molecule has 180 valence electrons. The Morgan fingerprint density at radius 2 is 1.62 bits per heavy atom. The Bertz CT molecular complexity index is 1120. The molecule has 0 bridgehead atoms. The van der Waals surface area contributed by atoms with Crippen LogP contribution in [0, 0.1) is 19.8 Å². The quantitative estimate of drug-likeness (QED) is 0.479. The van der Waals surface area contributed by atoms with Gasteiger partial charge in [-0.25, -0.2) is 4.98 Å². The molecule has 4 rings (SSSR count). The Balaban J connectivity index is 1.28. The minimum atomic E-state index is -4.10. The highest BCUT2D eigenvalue weighted by atomic mass is 19.4. The Morgan fingerprint density at radius 1 is 1.03 bits per heavy atom. The van der Waals surface area contributed by atoms with E-state index in [1.165, 1.54) is 0 Å². The maximum absolute atomic E-state index is 12.9. The molecule has 2 heterocycles. The van der Waals surface area contributed by atoms with E-state index < -0.39 is 12.1 Å². The molecule has 1 amide bonds. The van der Waals surface area contributed by atoms with Gasteiger partial charge in [0.05, 0.1) is 11.6 Å². The first-order valence-electron chi connectivity index (χ1n) is 11.2.